The van der Waals surface area contributed by atoms with Gasteiger partial charge in [-0.3, -0.25) is 0 Å². The molecule has 0 bridgehead atoms. The summed E-state index contributed by atoms with van der Waals surface area (Å²) in [5.74, 6) is 2.60. The van der Waals surface area contributed by atoms with Crippen LogP contribution in [0.2, 0.25) is 0 Å². The van der Waals surface area contributed by atoms with Crippen LogP contribution in [0.5, 0.6) is 0 Å². The first-order valence-electron chi connectivity index (χ1n) is 2.04. The fourth-order valence-electron chi connectivity index (χ4n) is 0. The van der Waals surface area contributed by atoms with Gasteiger partial charge >= 0.3 is 0 Å². The molecule has 0 spiro atoms. The Morgan fingerprint density at radius 1 is 1.12 bits per heavy atom. The van der Waals surface area contributed by atoms with E-state index in [-0.39, 0.29) is 39.0 Å². The van der Waals surface area contributed by atoms with Crippen molar-refractivity contribution in [3.8, 4) is 12.3 Å². The van der Waals surface area contributed by atoms with E-state index >= 15 is 0 Å². The van der Waals surface area contributed by atoms with Crippen molar-refractivity contribution in [2.45, 2.75) is 20.8 Å². The van der Waals surface area contributed by atoms with Gasteiger partial charge in [0, 0.05) is 39.0 Å². The summed E-state index contributed by atoms with van der Waals surface area (Å²) in [4.78, 5) is 0. The van der Waals surface area contributed by atoms with Crippen molar-refractivity contribution in [2.24, 2.45) is 5.41 Å². The first-order valence-corrected chi connectivity index (χ1v) is 2.04. The smallest absolute Gasteiger partial charge is 0.0227 e. The zero-order valence-electron chi connectivity index (χ0n) is 5.24. The zero-order valence-corrected chi connectivity index (χ0v) is 7.33. The van der Waals surface area contributed by atoms with E-state index in [0.29, 0.717) is 0 Å². The second-order valence-corrected chi connectivity index (χ2v) is 2.39. The molecule has 8 heavy (non-hydrogen) atoms. The van der Waals surface area contributed by atoms with Crippen LogP contribution < -0.4 is 0 Å². The SMILES string of the molecule is C#CC(C)(C)C.[Co].[Co]. The molecule has 52 valence electrons. The van der Waals surface area contributed by atoms with E-state index < -0.39 is 0 Å². The minimum absolute atomic E-state index is 0. The van der Waals surface area contributed by atoms with Gasteiger partial charge in [-0.25, -0.2) is 0 Å². The van der Waals surface area contributed by atoms with Crippen molar-refractivity contribution >= 4 is 0 Å². The molecule has 0 saturated heterocycles. The van der Waals surface area contributed by atoms with Crippen LogP contribution in [-0.4, -0.2) is 0 Å². The van der Waals surface area contributed by atoms with Gasteiger partial charge in [-0.2, -0.15) is 0 Å². The summed E-state index contributed by atoms with van der Waals surface area (Å²) in [5.41, 5.74) is 0.0694. The Labute approximate surface area is 72.2 Å². The maximum atomic E-state index is 5.06. The third kappa shape index (κ3) is 16.0. The molecule has 0 heterocycles. The Kier molecular flexibility index (Phi) is 11.3. The van der Waals surface area contributed by atoms with Gasteiger partial charge in [0.15, 0.2) is 0 Å². The Morgan fingerprint density at radius 2 is 1.25 bits per heavy atom. The van der Waals surface area contributed by atoms with Gasteiger partial charge in [-0.15, -0.1) is 12.3 Å². The fraction of sp³-hybridized carbons (Fsp3) is 0.667. The molecule has 0 aromatic carbocycles. The van der Waals surface area contributed by atoms with E-state index in [1.807, 2.05) is 20.8 Å². The first kappa shape index (κ1) is 15.8. The van der Waals surface area contributed by atoms with E-state index in [0.717, 1.165) is 0 Å². The summed E-state index contributed by atoms with van der Waals surface area (Å²) in [6.45, 7) is 6.02. The number of rotatable bonds is 0. The van der Waals surface area contributed by atoms with Crippen LogP contribution in [0.25, 0.3) is 0 Å². The van der Waals surface area contributed by atoms with Crippen molar-refractivity contribution in [3.05, 3.63) is 0 Å². The first-order chi connectivity index (χ1) is 2.56. The number of terminal acetylenes is 1. The summed E-state index contributed by atoms with van der Waals surface area (Å²) < 4.78 is 0. The van der Waals surface area contributed by atoms with E-state index in [4.69, 9.17) is 6.42 Å². The van der Waals surface area contributed by atoms with Crippen LogP contribution in [-0.2, 0) is 33.6 Å². The summed E-state index contributed by atoms with van der Waals surface area (Å²) >= 11 is 0. The van der Waals surface area contributed by atoms with Gasteiger partial charge in [-0.1, -0.05) is 0 Å². The largest absolute Gasteiger partial charge is 0.120 e. The molecule has 0 rings (SSSR count). The van der Waals surface area contributed by atoms with Gasteiger partial charge < -0.3 is 0 Å². The molecule has 0 aliphatic rings. The topological polar surface area (TPSA) is 0 Å². The van der Waals surface area contributed by atoms with E-state index in [1.165, 1.54) is 0 Å². The summed E-state index contributed by atoms with van der Waals surface area (Å²) in [6, 6.07) is 0. The quantitative estimate of drug-likeness (QED) is 0.521. The van der Waals surface area contributed by atoms with Crippen molar-refractivity contribution in [2.75, 3.05) is 0 Å². The van der Waals surface area contributed by atoms with Crippen LogP contribution in [0.3, 0.4) is 0 Å². The average molecular weight is 200 g/mol. The molecular weight excluding hydrogens is 190 g/mol. The Balaban J connectivity index is -0.000000125. The van der Waals surface area contributed by atoms with Crippen molar-refractivity contribution in [1.29, 1.82) is 0 Å². The van der Waals surface area contributed by atoms with Crippen molar-refractivity contribution in [1.82, 2.24) is 0 Å². The molecule has 0 unspecified atom stereocenters. The summed E-state index contributed by atoms with van der Waals surface area (Å²) in [6.07, 6.45) is 5.06. The zero-order chi connectivity index (χ0) is 5.21. The second kappa shape index (κ2) is 5.71. The minimum Gasteiger partial charge on any atom is -0.120 e. The molecule has 0 amide bonds. The molecule has 2 heteroatoms. The second-order valence-electron chi connectivity index (χ2n) is 2.39. The standard InChI is InChI=1S/C6H10.2Co/c1-5-6(2,3)4;;/h1H,2-4H3;;. The van der Waals surface area contributed by atoms with Gasteiger partial charge in [0.2, 0.25) is 0 Å². The number of hydrogen-bond acceptors (Lipinski definition) is 0. The Bertz CT molecular complexity index is 73.5. The Hall–Kier alpha value is 0.573. The average Bonchev–Trinajstić information content (AvgIpc) is 1.35. The Morgan fingerprint density at radius 3 is 1.25 bits per heavy atom. The van der Waals surface area contributed by atoms with Crippen LogP contribution in [0.15, 0.2) is 0 Å². The van der Waals surface area contributed by atoms with Crippen molar-refractivity contribution < 1.29 is 33.6 Å². The predicted octanol–water partition coefficient (Wildman–Crippen LogP) is 1.66. The monoisotopic (exact) mass is 200 g/mol. The third-order valence-electron chi connectivity index (χ3n) is 0.433. The summed E-state index contributed by atoms with van der Waals surface area (Å²) in [5, 5.41) is 0. The van der Waals surface area contributed by atoms with Crippen LogP contribution in [0.1, 0.15) is 20.8 Å². The third-order valence-corrected chi connectivity index (χ3v) is 0.433. The molecule has 0 N–H and O–H groups in total. The van der Waals surface area contributed by atoms with E-state index in [1.54, 1.807) is 0 Å². The predicted molar refractivity (Wildman–Crippen MR) is 28.3 cm³/mol. The van der Waals surface area contributed by atoms with Gasteiger partial charge in [0.1, 0.15) is 0 Å². The normalized spacial score (nSPS) is 7.75. The van der Waals surface area contributed by atoms with Crippen LogP contribution >= 0.6 is 0 Å². The fourth-order valence-corrected chi connectivity index (χ4v) is 0. The molecule has 0 aromatic heterocycles. The van der Waals surface area contributed by atoms with Gasteiger partial charge in [0.05, 0.1) is 0 Å². The van der Waals surface area contributed by atoms with Crippen LogP contribution in [0.4, 0.5) is 0 Å². The maximum Gasteiger partial charge on any atom is 0.0227 e. The van der Waals surface area contributed by atoms with Gasteiger partial charge in [0.25, 0.3) is 0 Å². The number of hydrogen-bond donors (Lipinski definition) is 0. The van der Waals surface area contributed by atoms with E-state index in [2.05, 4.69) is 5.92 Å². The van der Waals surface area contributed by atoms with Crippen LogP contribution in [0, 0.1) is 17.8 Å². The van der Waals surface area contributed by atoms with Crippen molar-refractivity contribution in [3.63, 3.8) is 0 Å². The minimum atomic E-state index is 0. The molecule has 0 aliphatic heterocycles. The molecule has 0 aliphatic carbocycles. The molecular formula is C6H10Co2. The maximum absolute atomic E-state index is 5.06. The molecule has 2 radical (unpaired) electrons. The molecule has 0 atom stereocenters. The molecule has 0 aromatic rings. The van der Waals surface area contributed by atoms with Gasteiger partial charge in [-0.05, 0) is 20.8 Å². The van der Waals surface area contributed by atoms with E-state index in [9.17, 15) is 0 Å². The molecule has 0 saturated carbocycles. The molecule has 0 nitrogen and oxygen atoms in total. The summed E-state index contributed by atoms with van der Waals surface area (Å²) in [7, 11) is 0. The molecule has 0 fully saturated rings.